The van der Waals surface area contributed by atoms with Gasteiger partial charge in [-0.1, -0.05) is 31.2 Å². The highest BCUT2D eigenvalue weighted by atomic mass is 16.3. The number of anilines is 3. The van der Waals surface area contributed by atoms with Crippen LogP contribution in [0.2, 0.25) is 0 Å². The number of nitrogens with one attached hydrogen (secondary N) is 1. The normalized spacial score (nSPS) is 16.0. The third-order valence-electron chi connectivity index (χ3n) is 6.77. The van der Waals surface area contributed by atoms with Crippen LogP contribution in [0, 0.1) is 0 Å². The molecule has 178 valence electrons. The summed E-state index contributed by atoms with van der Waals surface area (Å²) in [6.45, 7) is 9.04. The van der Waals surface area contributed by atoms with E-state index < -0.39 is 0 Å². The summed E-state index contributed by atoms with van der Waals surface area (Å²) in [4.78, 5) is 28.1. The summed E-state index contributed by atoms with van der Waals surface area (Å²) in [7, 11) is 0. The number of hydrogen-bond donors (Lipinski definition) is 2. The van der Waals surface area contributed by atoms with Crippen LogP contribution in [-0.4, -0.2) is 65.2 Å². The maximum atomic E-state index is 11.8. The molecule has 2 aliphatic heterocycles. The van der Waals surface area contributed by atoms with Crippen LogP contribution in [0.15, 0.2) is 36.4 Å². The molecular formula is C26H32N6O2. The van der Waals surface area contributed by atoms with E-state index in [4.69, 9.17) is 9.97 Å². The van der Waals surface area contributed by atoms with E-state index in [0.29, 0.717) is 25.6 Å². The summed E-state index contributed by atoms with van der Waals surface area (Å²) in [6, 6.07) is 11.8. The number of amides is 1. The number of nitrogens with zero attached hydrogens (tertiary/aromatic N) is 5. The lowest BCUT2D eigenvalue weighted by Crippen LogP contribution is -2.49. The molecule has 5 rings (SSSR count). The smallest absolute Gasteiger partial charge is 0.224 e. The molecule has 8 heteroatoms. The number of phenols is 1. The molecule has 1 aromatic heterocycles. The summed E-state index contributed by atoms with van der Waals surface area (Å²) in [5, 5.41) is 15.9. The Hall–Kier alpha value is -3.55. The lowest BCUT2D eigenvalue weighted by Gasteiger charge is -2.38. The quantitative estimate of drug-likeness (QED) is 0.604. The van der Waals surface area contributed by atoms with Gasteiger partial charge in [0.2, 0.25) is 11.9 Å². The molecule has 2 aliphatic rings. The Balaban J connectivity index is 1.49. The molecule has 34 heavy (non-hydrogen) atoms. The minimum Gasteiger partial charge on any atom is -0.508 e. The number of piperazine rings is 1. The first-order chi connectivity index (χ1) is 16.5. The number of benzene rings is 2. The van der Waals surface area contributed by atoms with Crippen molar-refractivity contribution < 1.29 is 9.90 Å². The summed E-state index contributed by atoms with van der Waals surface area (Å²) >= 11 is 0. The Morgan fingerprint density at radius 2 is 1.85 bits per heavy atom. The van der Waals surface area contributed by atoms with E-state index in [2.05, 4.69) is 28.1 Å². The fourth-order valence-electron chi connectivity index (χ4n) is 4.96. The van der Waals surface area contributed by atoms with E-state index in [1.165, 1.54) is 5.56 Å². The topological polar surface area (TPSA) is 84.8 Å². The number of fused-ring (bicyclic) bond motifs is 2. The van der Waals surface area contributed by atoms with Gasteiger partial charge in [-0.15, -0.1) is 0 Å². The number of hydrogen-bond acceptors (Lipinski definition) is 7. The van der Waals surface area contributed by atoms with Crippen LogP contribution in [0.1, 0.15) is 31.5 Å². The van der Waals surface area contributed by atoms with Gasteiger partial charge in [0.1, 0.15) is 11.6 Å². The van der Waals surface area contributed by atoms with Crippen LogP contribution in [0.25, 0.3) is 10.8 Å². The first-order valence-corrected chi connectivity index (χ1v) is 12.1. The van der Waals surface area contributed by atoms with E-state index >= 15 is 0 Å². The molecule has 0 unspecified atom stereocenters. The predicted octanol–water partition coefficient (Wildman–Crippen LogP) is 3.39. The van der Waals surface area contributed by atoms with Crippen molar-refractivity contribution in [3.8, 4) is 5.75 Å². The largest absolute Gasteiger partial charge is 0.508 e. The summed E-state index contributed by atoms with van der Waals surface area (Å²) in [6.07, 6.45) is 1.82. The second-order valence-electron chi connectivity index (χ2n) is 9.07. The van der Waals surface area contributed by atoms with Gasteiger partial charge in [-0.05, 0) is 24.3 Å². The molecule has 2 aromatic carbocycles. The molecule has 1 saturated heterocycles. The average Bonchev–Trinajstić information content (AvgIpc) is 2.86. The molecule has 8 nitrogen and oxygen atoms in total. The monoisotopic (exact) mass is 460 g/mol. The number of carbonyl (C=O) groups is 1. The second kappa shape index (κ2) is 9.37. The fraction of sp³-hybridized carbons (Fsp3) is 0.423. The number of aromatic nitrogens is 2. The summed E-state index contributed by atoms with van der Waals surface area (Å²) in [5.41, 5.74) is 3.25. The van der Waals surface area contributed by atoms with Crippen molar-refractivity contribution in [2.24, 2.45) is 0 Å². The van der Waals surface area contributed by atoms with Gasteiger partial charge in [-0.2, -0.15) is 4.98 Å². The molecule has 3 aromatic rings. The second-order valence-corrected chi connectivity index (χ2v) is 9.07. The Morgan fingerprint density at radius 1 is 1.06 bits per heavy atom. The minimum atomic E-state index is 0.128. The zero-order valence-corrected chi connectivity index (χ0v) is 19.9. The van der Waals surface area contributed by atoms with Gasteiger partial charge < -0.3 is 25.1 Å². The third-order valence-corrected chi connectivity index (χ3v) is 6.77. The lowest BCUT2D eigenvalue weighted by atomic mass is 10.0. The zero-order valence-electron chi connectivity index (χ0n) is 19.9. The molecule has 0 radical (unpaired) electrons. The third kappa shape index (κ3) is 4.32. The lowest BCUT2D eigenvalue weighted by molar-refractivity contribution is -0.129. The molecule has 2 N–H and O–H groups in total. The molecule has 0 spiro atoms. The predicted molar refractivity (Wildman–Crippen MR) is 136 cm³/mol. The highest BCUT2D eigenvalue weighted by Gasteiger charge is 2.28. The van der Waals surface area contributed by atoms with Crippen LogP contribution in [-0.2, 0) is 17.8 Å². The fourth-order valence-corrected chi connectivity index (χ4v) is 4.96. The van der Waals surface area contributed by atoms with Gasteiger partial charge in [0.25, 0.3) is 0 Å². The molecule has 1 amide bonds. The Labute approximate surface area is 200 Å². The van der Waals surface area contributed by atoms with Crippen molar-refractivity contribution in [2.45, 2.75) is 33.2 Å². The SMILES string of the molecule is CCCNc1nc2c(c(N3CCN(C(C)=O)CC3)n1)CCN(c1cc(O)cc3ccccc13)C2. The van der Waals surface area contributed by atoms with Gasteiger partial charge in [0, 0.05) is 68.9 Å². The van der Waals surface area contributed by atoms with E-state index in [9.17, 15) is 9.90 Å². The highest BCUT2D eigenvalue weighted by molar-refractivity contribution is 5.95. The van der Waals surface area contributed by atoms with Gasteiger partial charge in [0.05, 0.1) is 12.2 Å². The van der Waals surface area contributed by atoms with Crippen molar-refractivity contribution in [3.63, 3.8) is 0 Å². The molecule has 0 bridgehead atoms. The van der Waals surface area contributed by atoms with Gasteiger partial charge >= 0.3 is 0 Å². The van der Waals surface area contributed by atoms with Crippen LogP contribution in [0.3, 0.4) is 0 Å². The maximum absolute atomic E-state index is 11.8. The number of phenolic OH excluding ortho intramolecular Hbond substituents is 1. The average molecular weight is 461 g/mol. The van der Waals surface area contributed by atoms with Crippen LogP contribution in [0.4, 0.5) is 17.5 Å². The van der Waals surface area contributed by atoms with Crippen molar-refractivity contribution in [1.82, 2.24) is 14.9 Å². The zero-order chi connectivity index (χ0) is 23.7. The Bertz CT molecular complexity index is 1210. The highest BCUT2D eigenvalue weighted by Crippen LogP contribution is 2.36. The summed E-state index contributed by atoms with van der Waals surface area (Å²) < 4.78 is 0. The van der Waals surface area contributed by atoms with Crippen LogP contribution in [0.5, 0.6) is 5.75 Å². The van der Waals surface area contributed by atoms with E-state index in [0.717, 1.165) is 67.0 Å². The molecule has 0 aliphatic carbocycles. The van der Waals surface area contributed by atoms with Crippen LogP contribution >= 0.6 is 0 Å². The Kier molecular flexibility index (Phi) is 6.13. The molecule has 0 saturated carbocycles. The van der Waals surface area contributed by atoms with Gasteiger partial charge in [-0.3, -0.25) is 4.79 Å². The summed E-state index contributed by atoms with van der Waals surface area (Å²) in [5.74, 6) is 2.06. The van der Waals surface area contributed by atoms with E-state index in [-0.39, 0.29) is 11.7 Å². The molecule has 3 heterocycles. The standard InChI is InChI=1S/C26H32N6O2/c1-3-9-27-26-28-23-17-32(24-16-20(34)15-19-6-4-5-7-21(19)24)10-8-22(23)25(29-26)31-13-11-30(12-14-31)18(2)33/h4-7,15-16,34H,3,8-14,17H2,1-2H3,(H,27,28,29). The Morgan fingerprint density at radius 3 is 2.62 bits per heavy atom. The number of aromatic hydroxyl groups is 1. The molecular weight excluding hydrogens is 428 g/mol. The molecule has 0 atom stereocenters. The first-order valence-electron chi connectivity index (χ1n) is 12.1. The maximum Gasteiger partial charge on any atom is 0.224 e. The van der Waals surface area contributed by atoms with Gasteiger partial charge in [0.15, 0.2) is 0 Å². The van der Waals surface area contributed by atoms with Crippen molar-refractivity contribution in [1.29, 1.82) is 0 Å². The van der Waals surface area contributed by atoms with E-state index in [1.54, 1.807) is 6.92 Å². The van der Waals surface area contributed by atoms with Crippen molar-refractivity contribution in [3.05, 3.63) is 47.7 Å². The van der Waals surface area contributed by atoms with Gasteiger partial charge in [-0.25, -0.2) is 4.98 Å². The number of rotatable bonds is 5. The minimum absolute atomic E-state index is 0.128. The van der Waals surface area contributed by atoms with Crippen LogP contribution < -0.4 is 15.1 Å². The first kappa shape index (κ1) is 22.3. The molecule has 1 fully saturated rings. The van der Waals surface area contributed by atoms with E-state index in [1.807, 2.05) is 35.2 Å². The van der Waals surface area contributed by atoms with Crippen molar-refractivity contribution >= 4 is 34.1 Å². The number of carbonyl (C=O) groups excluding carboxylic acids is 1. The van der Waals surface area contributed by atoms with Crippen molar-refractivity contribution in [2.75, 3.05) is 54.4 Å².